The highest BCUT2D eigenvalue weighted by Crippen LogP contribution is 2.38. The van der Waals surface area contributed by atoms with Gasteiger partial charge in [0.25, 0.3) is 0 Å². The second-order valence-electron chi connectivity index (χ2n) is 7.51. The van der Waals surface area contributed by atoms with Crippen molar-refractivity contribution in [1.29, 1.82) is 0 Å². The number of likely N-dealkylation sites (N-methyl/N-ethyl adjacent to an activating group) is 1. The molecule has 21 heavy (non-hydrogen) atoms. The third kappa shape index (κ3) is 5.25. The van der Waals surface area contributed by atoms with Crippen LogP contribution in [0.15, 0.2) is 0 Å². The standard InChI is InChI=1S/C19H38N2/c1-4-21(5-2)15-16(3)20-19-14-10-9-13-18(19)17-11-7-6-8-12-17/h16-20H,4-15H2,1-3H3. The van der Waals surface area contributed by atoms with Crippen LogP contribution in [0.1, 0.15) is 78.6 Å². The molecule has 3 unspecified atom stereocenters. The molecule has 2 aliphatic carbocycles. The third-order valence-electron chi connectivity index (χ3n) is 6.00. The van der Waals surface area contributed by atoms with Crippen LogP contribution in [0.3, 0.4) is 0 Å². The van der Waals surface area contributed by atoms with E-state index in [0.29, 0.717) is 6.04 Å². The zero-order valence-electron chi connectivity index (χ0n) is 14.7. The molecule has 2 rings (SSSR count). The predicted molar refractivity (Wildman–Crippen MR) is 92.7 cm³/mol. The number of hydrogen-bond acceptors (Lipinski definition) is 2. The lowest BCUT2D eigenvalue weighted by Crippen LogP contribution is -2.49. The molecule has 2 aliphatic rings. The lowest BCUT2D eigenvalue weighted by molar-refractivity contribution is 0.136. The quantitative estimate of drug-likeness (QED) is 0.746. The summed E-state index contributed by atoms with van der Waals surface area (Å²) in [5.41, 5.74) is 0. The van der Waals surface area contributed by atoms with Crippen LogP contribution < -0.4 is 5.32 Å². The van der Waals surface area contributed by atoms with Crippen molar-refractivity contribution >= 4 is 0 Å². The van der Waals surface area contributed by atoms with Gasteiger partial charge < -0.3 is 10.2 Å². The van der Waals surface area contributed by atoms with Gasteiger partial charge in [-0.2, -0.15) is 0 Å². The van der Waals surface area contributed by atoms with Crippen molar-refractivity contribution in [2.75, 3.05) is 19.6 Å². The van der Waals surface area contributed by atoms with Crippen molar-refractivity contribution < 1.29 is 0 Å². The molecule has 3 atom stereocenters. The monoisotopic (exact) mass is 294 g/mol. The van der Waals surface area contributed by atoms with Crippen LogP contribution in [0, 0.1) is 11.8 Å². The minimum atomic E-state index is 0.638. The first-order valence-corrected chi connectivity index (χ1v) is 9.73. The largest absolute Gasteiger partial charge is 0.310 e. The van der Waals surface area contributed by atoms with Crippen LogP contribution in [0.4, 0.5) is 0 Å². The summed E-state index contributed by atoms with van der Waals surface area (Å²) in [5.74, 6) is 2.00. The molecule has 2 heteroatoms. The van der Waals surface area contributed by atoms with Gasteiger partial charge in [0.15, 0.2) is 0 Å². The summed E-state index contributed by atoms with van der Waals surface area (Å²) >= 11 is 0. The second kappa shape index (κ2) is 9.15. The minimum Gasteiger partial charge on any atom is -0.310 e. The molecule has 0 aromatic heterocycles. The Hall–Kier alpha value is -0.0800. The summed E-state index contributed by atoms with van der Waals surface area (Å²) in [6.45, 7) is 10.5. The molecule has 0 amide bonds. The van der Waals surface area contributed by atoms with E-state index in [4.69, 9.17) is 0 Å². The van der Waals surface area contributed by atoms with Crippen LogP contribution in [-0.2, 0) is 0 Å². The fourth-order valence-corrected chi connectivity index (χ4v) is 4.78. The zero-order valence-corrected chi connectivity index (χ0v) is 14.7. The van der Waals surface area contributed by atoms with Gasteiger partial charge in [0.1, 0.15) is 0 Å². The summed E-state index contributed by atoms with van der Waals surface area (Å²) in [6, 6.07) is 1.44. The Morgan fingerprint density at radius 2 is 1.52 bits per heavy atom. The smallest absolute Gasteiger partial charge is 0.0169 e. The molecule has 0 bridgehead atoms. The normalized spacial score (nSPS) is 29.7. The Morgan fingerprint density at radius 3 is 2.19 bits per heavy atom. The molecule has 0 saturated heterocycles. The first kappa shape index (κ1) is 17.3. The van der Waals surface area contributed by atoms with Gasteiger partial charge in [-0.05, 0) is 44.7 Å². The van der Waals surface area contributed by atoms with Gasteiger partial charge in [0.05, 0.1) is 0 Å². The van der Waals surface area contributed by atoms with Crippen LogP contribution >= 0.6 is 0 Å². The molecule has 2 saturated carbocycles. The maximum absolute atomic E-state index is 4.02. The molecular formula is C19H38N2. The lowest BCUT2D eigenvalue weighted by Gasteiger charge is -2.41. The Bertz CT molecular complexity index is 269. The lowest BCUT2D eigenvalue weighted by atomic mass is 9.71. The number of hydrogen-bond donors (Lipinski definition) is 1. The van der Waals surface area contributed by atoms with E-state index in [2.05, 4.69) is 31.0 Å². The van der Waals surface area contributed by atoms with Gasteiger partial charge in [-0.25, -0.2) is 0 Å². The van der Waals surface area contributed by atoms with Gasteiger partial charge in [0, 0.05) is 18.6 Å². The molecule has 0 aliphatic heterocycles. The highest BCUT2D eigenvalue weighted by Gasteiger charge is 2.32. The van der Waals surface area contributed by atoms with Crippen molar-refractivity contribution in [2.24, 2.45) is 11.8 Å². The Balaban J connectivity index is 1.85. The Labute approximate surface area is 133 Å². The van der Waals surface area contributed by atoms with E-state index in [0.717, 1.165) is 17.9 Å². The number of nitrogens with zero attached hydrogens (tertiary/aromatic N) is 1. The van der Waals surface area contributed by atoms with Crippen molar-refractivity contribution in [3.8, 4) is 0 Å². The number of nitrogens with one attached hydrogen (secondary N) is 1. The van der Waals surface area contributed by atoms with E-state index < -0.39 is 0 Å². The van der Waals surface area contributed by atoms with Crippen molar-refractivity contribution in [3.05, 3.63) is 0 Å². The van der Waals surface area contributed by atoms with E-state index in [1.807, 2.05) is 0 Å². The summed E-state index contributed by atoms with van der Waals surface area (Å²) in [5, 5.41) is 4.02. The molecule has 0 heterocycles. The maximum atomic E-state index is 4.02. The molecule has 2 nitrogen and oxygen atoms in total. The molecule has 0 spiro atoms. The molecule has 0 radical (unpaired) electrons. The maximum Gasteiger partial charge on any atom is 0.0169 e. The molecular weight excluding hydrogens is 256 g/mol. The minimum absolute atomic E-state index is 0.638. The van der Waals surface area contributed by atoms with E-state index in [1.54, 1.807) is 0 Å². The summed E-state index contributed by atoms with van der Waals surface area (Å²) in [4.78, 5) is 2.55. The number of rotatable bonds is 7. The van der Waals surface area contributed by atoms with Crippen LogP contribution in [0.2, 0.25) is 0 Å². The fourth-order valence-electron chi connectivity index (χ4n) is 4.78. The van der Waals surface area contributed by atoms with Gasteiger partial charge in [0.2, 0.25) is 0 Å². The van der Waals surface area contributed by atoms with E-state index >= 15 is 0 Å². The Morgan fingerprint density at radius 1 is 0.905 bits per heavy atom. The van der Waals surface area contributed by atoms with E-state index in [9.17, 15) is 0 Å². The molecule has 124 valence electrons. The van der Waals surface area contributed by atoms with Crippen molar-refractivity contribution in [1.82, 2.24) is 10.2 Å². The van der Waals surface area contributed by atoms with E-state index in [-0.39, 0.29) is 0 Å². The van der Waals surface area contributed by atoms with Crippen molar-refractivity contribution in [3.63, 3.8) is 0 Å². The highest BCUT2D eigenvalue weighted by atomic mass is 15.1. The van der Waals surface area contributed by atoms with Crippen molar-refractivity contribution in [2.45, 2.75) is 90.6 Å². The van der Waals surface area contributed by atoms with Crippen LogP contribution in [0.25, 0.3) is 0 Å². The summed E-state index contributed by atoms with van der Waals surface area (Å²) in [6.07, 6.45) is 13.3. The highest BCUT2D eigenvalue weighted by molar-refractivity contribution is 4.88. The van der Waals surface area contributed by atoms with E-state index in [1.165, 1.54) is 77.4 Å². The van der Waals surface area contributed by atoms with Crippen LogP contribution in [0.5, 0.6) is 0 Å². The average Bonchev–Trinajstić information content (AvgIpc) is 2.54. The van der Waals surface area contributed by atoms with Crippen LogP contribution in [-0.4, -0.2) is 36.6 Å². The Kier molecular flexibility index (Phi) is 7.53. The van der Waals surface area contributed by atoms with Gasteiger partial charge >= 0.3 is 0 Å². The van der Waals surface area contributed by atoms with Gasteiger partial charge in [-0.3, -0.25) is 0 Å². The molecule has 0 aromatic rings. The summed E-state index contributed by atoms with van der Waals surface area (Å²) in [7, 11) is 0. The van der Waals surface area contributed by atoms with Gasteiger partial charge in [-0.15, -0.1) is 0 Å². The van der Waals surface area contributed by atoms with Gasteiger partial charge in [-0.1, -0.05) is 58.8 Å². The average molecular weight is 295 g/mol. The molecule has 0 aromatic carbocycles. The summed E-state index contributed by atoms with van der Waals surface area (Å²) < 4.78 is 0. The SMILES string of the molecule is CCN(CC)CC(C)NC1CCCCC1C1CCCCC1. The first-order valence-electron chi connectivity index (χ1n) is 9.73. The fraction of sp³-hybridized carbons (Fsp3) is 1.00. The molecule has 1 N–H and O–H groups in total. The predicted octanol–water partition coefficient (Wildman–Crippen LogP) is 4.45. The zero-order chi connectivity index (χ0) is 15.1. The third-order valence-corrected chi connectivity index (χ3v) is 6.00. The molecule has 2 fully saturated rings. The second-order valence-corrected chi connectivity index (χ2v) is 7.51. The topological polar surface area (TPSA) is 15.3 Å². The first-order chi connectivity index (χ1) is 10.2.